The van der Waals surface area contributed by atoms with E-state index in [9.17, 15) is 9.59 Å². The summed E-state index contributed by atoms with van der Waals surface area (Å²) >= 11 is 1.31. The van der Waals surface area contributed by atoms with Gasteiger partial charge in [-0.05, 0) is 18.0 Å². The van der Waals surface area contributed by atoms with E-state index in [1.807, 2.05) is 17.9 Å². The van der Waals surface area contributed by atoms with Crippen LogP contribution in [0.1, 0.15) is 25.3 Å². The molecule has 0 unspecified atom stereocenters. The van der Waals surface area contributed by atoms with E-state index in [0.717, 1.165) is 0 Å². The average molecular weight is 295 g/mol. The number of carbonyl (C=O) groups is 2. The number of nitrogens with one attached hydrogen (secondary N) is 1. The Morgan fingerprint density at radius 3 is 2.75 bits per heavy atom. The summed E-state index contributed by atoms with van der Waals surface area (Å²) in [5.74, 6) is -1.01. The predicted molar refractivity (Wildman–Crippen MR) is 76.6 cm³/mol. The molecule has 0 aromatic carbocycles. The van der Waals surface area contributed by atoms with Crippen LogP contribution in [0.5, 0.6) is 0 Å². The standard InChI is InChI=1S/C13H17N3O3S/c1-2-16(7-4-12(18)19)6-3-11(17)15-13-10(9-14)5-8-20-13/h5,8H,2-4,6-7H2,1H3,(H,15,17)(H,18,19). The Balaban J connectivity index is 2.39. The van der Waals surface area contributed by atoms with Gasteiger partial charge in [0.15, 0.2) is 0 Å². The average Bonchev–Trinajstić information content (AvgIpc) is 2.85. The molecule has 0 bridgehead atoms. The van der Waals surface area contributed by atoms with E-state index in [2.05, 4.69) is 5.32 Å². The minimum atomic E-state index is -0.842. The Hall–Kier alpha value is -1.91. The van der Waals surface area contributed by atoms with Crippen molar-refractivity contribution < 1.29 is 14.7 Å². The molecule has 0 fully saturated rings. The third-order valence-corrected chi connectivity index (χ3v) is 3.61. The quantitative estimate of drug-likeness (QED) is 0.762. The maximum absolute atomic E-state index is 11.8. The van der Waals surface area contributed by atoms with Gasteiger partial charge >= 0.3 is 5.97 Å². The smallest absolute Gasteiger partial charge is 0.304 e. The van der Waals surface area contributed by atoms with Crippen LogP contribution in [0.25, 0.3) is 0 Å². The molecule has 1 aromatic heterocycles. The lowest BCUT2D eigenvalue weighted by molar-refractivity contribution is -0.137. The summed E-state index contributed by atoms with van der Waals surface area (Å²) in [5.41, 5.74) is 0.460. The summed E-state index contributed by atoms with van der Waals surface area (Å²) in [6, 6.07) is 3.67. The van der Waals surface area contributed by atoms with Gasteiger partial charge in [0.25, 0.3) is 0 Å². The lowest BCUT2D eigenvalue weighted by Gasteiger charge is -2.18. The second-order valence-electron chi connectivity index (χ2n) is 4.15. The number of hydrogen-bond acceptors (Lipinski definition) is 5. The number of hydrogen-bond donors (Lipinski definition) is 2. The van der Waals surface area contributed by atoms with Gasteiger partial charge < -0.3 is 15.3 Å². The maximum atomic E-state index is 11.8. The fourth-order valence-electron chi connectivity index (χ4n) is 1.62. The van der Waals surface area contributed by atoms with E-state index >= 15 is 0 Å². The first-order valence-corrected chi connectivity index (χ1v) is 7.16. The van der Waals surface area contributed by atoms with Crippen molar-refractivity contribution in [3.8, 4) is 6.07 Å². The Morgan fingerprint density at radius 1 is 1.45 bits per heavy atom. The summed E-state index contributed by atoms with van der Waals surface area (Å²) in [5, 5.41) is 22.5. The minimum absolute atomic E-state index is 0.0684. The maximum Gasteiger partial charge on any atom is 0.304 e. The van der Waals surface area contributed by atoms with Crippen LogP contribution >= 0.6 is 11.3 Å². The lowest BCUT2D eigenvalue weighted by Crippen LogP contribution is -2.29. The highest BCUT2D eigenvalue weighted by Gasteiger charge is 2.11. The zero-order valence-corrected chi connectivity index (χ0v) is 12.1. The molecule has 1 rings (SSSR count). The van der Waals surface area contributed by atoms with Crippen molar-refractivity contribution in [3.63, 3.8) is 0 Å². The third-order valence-electron chi connectivity index (χ3n) is 2.78. The molecule has 0 radical (unpaired) electrons. The third kappa shape index (κ3) is 5.38. The van der Waals surface area contributed by atoms with Crippen LogP contribution in [0.2, 0.25) is 0 Å². The number of anilines is 1. The van der Waals surface area contributed by atoms with Crippen molar-refractivity contribution in [1.82, 2.24) is 4.90 Å². The first-order chi connectivity index (χ1) is 9.56. The Morgan fingerprint density at radius 2 is 2.15 bits per heavy atom. The van der Waals surface area contributed by atoms with Crippen LogP contribution in [0, 0.1) is 11.3 Å². The molecule has 0 atom stereocenters. The molecule has 7 heteroatoms. The van der Waals surface area contributed by atoms with Crippen molar-refractivity contribution in [2.24, 2.45) is 0 Å². The lowest BCUT2D eigenvalue weighted by atomic mass is 10.3. The second-order valence-corrected chi connectivity index (χ2v) is 5.07. The van der Waals surface area contributed by atoms with E-state index in [-0.39, 0.29) is 18.7 Å². The van der Waals surface area contributed by atoms with Gasteiger partial charge in [-0.2, -0.15) is 5.26 Å². The highest BCUT2D eigenvalue weighted by molar-refractivity contribution is 7.14. The molecule has 1 aromatic rings. The van der Waals surface area contributed by atoms with E-state index in [0.29, 0.717) is 30.2 Å². The Bertz CT molecular complexity index is 507. The molecule has 0 saturated carbocycles. The SMILES string of the molecule is CCN(CCC(=O)O)CCC(=O)Nc1sccc1C#N. The molecule has 2 N–H and O–H groups in total. The highest BCUT2D eigenvalue weighted by Crippen LogP contribution is 2.22. The van der Waals surface area contributed by atoms with Crippen LogP contribution in [-0.4, -0.2) is 41.5 Å². The van der Waals surface area contributed by atoms with Gasteiger partial charge in [-0.15, -0.1) is 11.3 Å². The fraction of sp³-hybridized carbons (Fsp3) is 0.462. The minimum Gasteiger partial charge on any atom is -0.481 e. The zero-order valence-electron chi connectivity index (χ0n) is 11.3. The number of aliphatic carboxylic acids is 1. The van der Waals surface area contributed by atoms with Gasteiger partial charge in [-0.25, -0.2) is 0 Å². The first kappa shape index (κ1) is 16.1. The summed E-state index contributed by atoms with van der Waals surface area (Å²) in [6.45, 7) is 3.56. The number of nitriles is 1. The number of nitrogens with zero attached hydrogens (tertiary/aromatic N) is 2. The summed E-state index contributed by atoms with van der Waals surface area (Å²) in [7, 11) is 0. The molecule has 0 saturated heterocycles. The van der Waals surface area contributed by atoms with Crippen molar-refractivity contribution >= 4 is 28.2 Å². The summed E-state index contributed by atoms with van der Waals surface area (Å²) < 4.78 is 0. The van der Waals surface area contributed by atoms with Crippen molar-refractivity contribution in [3.05, 3.63) is 17.0 Å². The Kier molecular flexibility index (Phi) is 6.70. The summed E-state index contributed by atoms with van der Waals surface area (Å²) in [4.78, 5) is 24.2. The number of carbonyl (C=O) groups excluding carboxylic acids is 1. The van der Waals surface area contributed by atoms with Crippen LogP contribution in [0.4, 0.5) is 5.00 Å². The number of carboxylic acids is 1. The van der Waals surface area contributed by atoms with Gasteiger partial charge in [0.2, 0.25) is 5.91 Å². The molecule has 108 valence electrons. The van der Waals surface area contributed by atoms with Gasteiger partial charge in [0, 0.05) is 19.5 Å². The van der Waals surface area contributed by atoms with Crippen molar-refractivity contribution in [1.29, 1.82) is 5.26 Å². The molecule has 20 heavy (non-hydrogen) atoms. The van der Waals surface area contributed by atoms with Crippen LogP contribution in [-0.2, 0) is 9.59 Å². The molecule has 0 aliphatic rings. The monoisotopic (exact) mass is 295 g/mol. The topological polar surface area (TPSA) is 93.4 Å². The molecule has 0 spiro atoms. The second kappa shape index (κ2) is 8.30. The predicted octanol–water partition coefficient (Wildman–Crippen LogP) is 1.74. The number of amides is 1. The first-order valence-electron chi connectivity index (χ1n) is 6.28. The van der Waals surface area contributed by atoms with Crippen molar-refractivity contribution in [2.45, 2.75) is 19.8 Å². The summed E-state index contributed by atoms with van der Waals surface area (Å²) in [6.07, 6.45) is 0.342. The molecule has 0 aliphatic carbocycles. The van der Waals surface area contributed by atoms with Crippen LogP contribution in [0.3, 0.4) is 0 Å². The Labute approximate surface area is 121 Å². The number of thiophene rings is 1. The van der Waals surface area contributed by atoms with E-state index < -0.39 is 5.97 Å². The molecule has 6 nitrogen and oxygen atoms in total. The van der Waals surface area contributed by atoms with Gasteiger partial charge in [0.05, 0.1) is 12.0 Å². The molecular weight excluding hydrogens is 278 g/mol. The van der Waals surface area contributed by atoms with Crippen LogP contribution in [0.15, 0.2) is 11.4 Å². The highest BCUT2D eigenvalue weighted by atomic mass is 32.1. The van der Waals surface area contributed by atoms with Crippen LogP contribution < -0.4 is 5.32 Å². The molecular formula is C13H17N3O3S. The van der Waals surface area contributed by atoms with Gasteiger partial charge in [-0.3, -0.25) is 9.59 Å². The largest absolute Gasteiger partial charge is 0.481 e. The van der Waals surface area contributed by atoms with E-state index in [4.69, 9.17) is 10.4 Å². The molecule has 1 heterocycles. The number of rotatable bonds is 8. The van der Waals surface area contributed by atoms with E-state index in [1.54, 1.807) is 11.4 Å². The molecule has 1 amide bonds. The number of carboxylic acid groups (broad SMARTS) is 1. The van der Waals surface area contributed by atoms with Crippen molar-refractivity contribution in [2.75, 3.05) is 25.0 Å². The molecule has 0 aliphatic heterocycles. The van der Waals surface area contributed by atoms with E-state index in [1.165, 1.54) is 11.3 Å². The fourth-order valence-corrected chi connectivity index (χ4v) is 2.38. The van der Waals surface area contributed by atoms with Gasteiger partial charge in [0.1, 0.15) is 11.1 Å². The normalized spacial score (nSPS) is 10.2. The zero-order chi connectivity index (χ0) is 15.0. The van der Waals surface area contributed by atoms with Gasteiger partial charge in [-0.1, -0.05) is 6.92 Å².